The normalized spacial score (nSPS) is 11.2. The molecule has 7 rings (SSSR count). The molecule has 0 atom stereocenters. The highest BCUT2D eigenvalue weighted by Crippen LogP contribution is 2.46. The summed E-state index contributed by atoms with van der Waals surface area (Å²) in [4.78, 5) is 28.1. The number of aromatic amines is 1. The van der Waals surface area contributed by atoms with Gasteiger partial charge in [0, 0.05) is 27.7 Å². The number of hydrogen-bond donors (Lipinski definition) is 3. The van der Waals surface area contributed by atoms with Crippen LogP contribution < -0.4 is 10.1 Å². The van der Waals surface area contributed by atoms with Gasteiger partial charge in [0.2, 0.25) is 0 Å². The van der Waals surface area contributed by atoms with Gasteiger partial charge in [-0.15, -0.1) is 0 Å². The van der Waals surface area contributed by atoms with E-state index in [1.807, 2.05) is 115 Å². The molecule has 0 bridgehead atoms. The summed E-state index contributed by atoms with van der Waals surface area (Å²) >= 11 is 0. The minimum atomic E-state index is -0.233. The van der Waals surface area contributed by atoms with E-state index in [4.69, 9.17) is 4.74 Å². The van der Waals surface area contributed by atoms with Gasteiger partial charge in [0.25, 0.3) is 5.91 Å². The third-order valence-corrected chi connectivity index (χ3v) is 7.67. The lowest BCUT2D eigenvalue weighted by Crippen LogP contribution is -2.12. The first-order valence-electron chi connectivity index (χ1n) is 13.9. The number of benzene rings is 6. The highest BCUT2D eigenvalue weighted by molar-refractivity contribution is 6.12. The maximum atomic E-state index is 13.0. The van der Waals surface area contributed by atoms with E-state index < -0.39 is 0 Å². The summed E-state index contributed by atoms with van der Waals surface area (Å²) in [6.45, 7) is 0.216. The van der Waals surface area contributed by atoms with Gasteiger partial charge in [-0.3, -0.25) is 9.59 Å². The zero-order chi connectivity index (χ0) is 29.3. The number of fused-ring (bicyclic) bond motifs is 3. The molecule has 1 amide bonds. The molecular weight excluding hydrogens is 536 g/mol. The number of carbonyl (C=O) groups is 2. The van der Waals surface area contributed by atoms with Crippen molar-refractivity contribution in [1.29, 1.82) is 0 Å². The van der Waals surface area contributed by atoms with E-state index in [1.165, 1.54) is 0 Å². The van der Waals surface area contributed by atoms with Crippen LogP contribution in [-0.2, 0) is 6.61 Å². The molecule has 0 spiro atoms. The second kappa shape index (κ2) is 10.8. The first-order valence-corrected chi connectivity index (χ1v) is 13.9. The summed E-state index contributed by atoms with van der Waals surface area (Å²) in [6.07, 6.45) is 0.673. The second-order valence-electron chi connectivity index (χ2n) is 10.4. The molecule has 6 aromatic carbocycles. The van der Waals surface area contributed by atoms with Crippen molar-refractivity contribution >= 4 is 50.3 Å². The molecule has 0 saturated heterocycles. The lowest BCUT2D eigenvalue weighted by molar-refractivity contribution is 0.102. The van der Waals surface area contributed by atoms with Crippen LogP contribution in [0.25, 0.3) is 43.6 Å². The standard InChI is InChI=1S/C37H26N2O4/c40-21-27-19-25-10-2-5-14-30(25)35(36(27)41)34-29-13-4-1-9-24(29)16-17-33(34)43-22-23-8-7-12-28(18-23)38-37(42)32-20-26-11-3-6-15-31(26)39-32/h1-21,39,41H,22H2,(H,38,42). The third-order valence-electron chi connectivity index (χ3n) is 7.67. The molecule has 0 aliphatic rings. The molecule has 3 N–H and O–H groups in total. The van der Waals surface area contributed by atoms with Gasteiger partial charge in [0.1, 0.15) is 23.8 Å². The fourth-order valence-corrected chi connectivity index (χ4v) is 5.63. The van der Waals surface area contributed by atoms with Gasteiger partial charge >= 0.3 is 0 Å². The Morgan fingerprint density at radius 3 is 2.26 bits per heavy atom. The van der Waals surface area contributed by atoms with Crippen molar-refractivity contribution in [2.75, 3.05) is 5.32 Å². The quantitative estimate of drug-likeness (QED) is 0.170. The molecule has 0 fully saturated rings. The number of aromatic hydroxyl groups is 1. The predicted octanol–water partition coefficient (Wildman–Crippen LogP) is 8.49. The fourth-order valence-electron chi connectivity index (χ4n) is 5.63. The fraction of sp³-hybridized carbons (Fsp3) is 0.0270. The van der Waals surface area contributed by atoms with E-state index >= 15 is 0 Å². The van der Waals surface area contributed by atoms with Crippen LogP contribution in [0.2, 0.25) is 0 Å². The van der Waals surface area contributed by atoms with E-state index in [0.717, 1.165) is 38.0 Å². The number of H-pyrrole nitrogens is 1. The largest absolute Gasteiger partial charge is 0.507 e. The summed E-state index contributed by atoms with van der Waals surface area (Å²) in [5, 5.41) is 18.8. The molecule has 7 aromatic rings. The molecule has 0 aliphatic carbocycles. The number of amides is 1. The molecular formula is C37H26N2O4. The van der Waals surface area contributed by atoms with Crippen molar-refractivity contribution < 1.29 is 19.4 Å². The Hall–Kier alpha value is -5.88. The topological polar surface area (TPSA) is 91.4 Å². The van der Waals surface area contributed by atoms with Crippen LogP contribution in [0, 0.1) is 0 Å². The summed E-state index contributed by atoms with van der Waals surface area (Å²) in [5.41, 5.74) is 4.35. The van der Waals surface area contributed by atoms with Crippen LogP contribution in [0.5, 0.6) is 11.5 Å². The Morgan fingerprint density at radius 2 is 1.47 bits per heavy atom. The molecule has 6 nitrogen and oxygen atoms in total. The molecule has 208 valence electrons. The molecule has 1 aromatic heterocycles. The van der Waals surface area contributed by atoms with Crippen molar-refractivity contribution in [2.24, 2.45) is 0 Å². The number of carbonyl (C=O) groups excluding carboxylic acids is 2. The van der Waals surface area contributed by atoms with Crippen LogP contribution in [0.1, 0.15) is 26.4 Å². The number of aldehydes is 1. The Bertz CT molecular complexity index is 2150. The van der Waals surface area contributed by atoms with Crippen molar-refractivity contribution in [2.45, 2.75) is 6.61 Å². The van der Waals surface area contributed by atoms with E-state index in [2.05, 4.69) is 10.3 Å². The Kier molecular flexibility index (Phi) is 6.56. The first-order chi connectivity index (χ1) is 21.1. The van der Waals surface area contributed by atoms with Crippen molar-refractivity contribution in [3.05, 3.63) is 138 Å². The number of rotatable bonds is 7. The van der Waals surface area contributed by atoms with Crippen LogP contribution in [0.3, 0.4) is 0 Å². The zero-order valence-corrected chi connectivity index (χ0v) is 23.0. The average molecular weight is 563 g/mol. The minimum absolute atomic E-state index is 0.0865. The SMILES string of the molecule is O=Cc1cc2ccccc2c(-c2c(OCc3cccc(NC(=O)c4cc5ccccc5[nH]4)c3)ccc3ccccc23)c1O. The van der Waals surface area contributed by atoms with E-state index in [1.54, 1.807) is 6.07 Å². The maximum Gasteiger partial charge on any atom is 0.272 e. The molecule has 0 aliphatic heterocycles. The Labute approximate surface area is 247 Å². The number of nitrogens with one attached hydrogen (secondary N) is 2. The molecule has 1 heterocycles. The summed E-state index contributed by atoms with van der Waals surface area (Å²) < 4.78 is 6.43. The number of ether oxygens (including phenoxy) is 1. The van der Waals surface area contributed by atoms with E-state index in [-0.39, 0.29) is 23.8 Å². The smallest absolute Gasteiger partial charge is 0.272 e. The number of para-hydroxylation sites is 1. The average Bonchev–Trinajstić information content (AvgIpc) is 3.49. The predicted molar refractivity (Wildman–Crippen MR) is 171 cm³/mol. The molecule has 0 unspecified atom stereocenters. The molecule has 0 saturated carbocycles. The maximum absolute atomic E-state index is 13.0. The highest BCUT2D eigenvalue weighted by atomic mass is 16.5. The van der Waals surface area contributed by atoms with Crippen molar-refractivity contribution in [3.63, 3.8) is 0 Å². The summed E-state index contributed by atoms with van der Waals surface area (Å²) in [6, 6.07) is 38.2. The third kappa shape index (κ3) is 4.85. The number of aromatic nitrogens is 1. The van der Waals surface area contributed by atoms with Gasteiger partial charge in [-0.05, 0) is 63.5 Å². The summed E-state index contributed by atoms with van der Waals surface area (Å²) in [7, 11) is 0. The molecule has 43 heavy (non-hydrogen) atoms. The van der Waals surface area contributed by atoms with Gasteiger partial charge in [-0.2, -0.15) is 0 Å². The minimum Gasteiger partial charge on any atom is -0.507 e. The van der Waals surface area contributed by atoms with Crippen LogP contribution in [0.15, 0.2) is 121 Å². The van der Waals surface area contributed by atoms with Crippen LogP contribution in [-0.4, -0.2) is 22.3 Å². The van der Waals surface area contributed by atoms with E-state index in [9.17, 15) is 14.7 Å². The second-order valence-corrected chi connectivity index (χ2v) is 10.4. The number of hydrogen-bond acceptors (Lipinski definition) is 4. The molecule has 6 heteroatoms. The van der Waals surface area contributed by atoms with Gasteiger partial charge in [-0.25, -0.2) is 0 Å². The van der Waals surface area contributed by atoms with Gasteiger partial charge < -0.3 is 20.1 Å². The van der Waals surface area contributed by atoms with E-state index in [0.29, 0.717) is 34.5 Å². The van der Waals surface area contributed by atoms with Gasteiger partial charge in [0.05, 0.1) is 5.56 Å². The lowest BCUT2D eigenvalue weighted by Gasteiger charge is -2.18. The van der Waals surface area contributed by atoms with Crippen LogP contribution >= 0.6 is 0 Å². The molecule has 0 radical (unpaired) electrons. The lowest BCUT2D eigenvalue weighted by atomic mass is 9.90. The first kappa shape index (κ1) is 26.0. The number of anilines is 1. The van der Waals surface area contributed by atoms with Crippen molar-refractivity contribution in [3.8, 4) is 22.6 Å². The highest BCUT2D eigenvalue weighted by Gasteiger charge is 2.20. The number of phenolic OH excluding ortho intramolecular Hbond substituents is 1. The van der Waals surface area contributed by atoms with Crippen LogP contribution in [0.4, 0.5) is 5.69 Å². The Morgan fingerprint density at radius 1 is 0.744 bits per heavy atom. The van der Waals surface area contributed by atoms with Gasteiger partial charge in [-0.1, -0.05) is 84.9 Å². The zero-order valence-electron chi connectivity index (χ0n) is 23.0. The summed E-state index contributed by atoms with van der Waals surface area (Å²) in [5.74, 6) is 0.245. The van der Waals surface area contributed by atoms with Gasteiger partial charge in [0.15, 0.2) is 6.29 Å². The number of phenols is 1. The Balaban J connectivity index is 1.23. The van der Waals surface area contributed by atoms with Crippen molar-refractivity contribution in [1.82, 2.24) is 4.98 Å². The monoisotopic (exact) mass is 562 g/mol.